The fraction of sp³-hybridized carbons (Fsp3) is 0.500. The lowest BCUT2D eigenvalue weighted by molar-refractivity contribution is -0.136. The molecule has 1 fully saturated rings. The van der Waals surface area contributed by atoms with E-state index in [0.29, 0.717) is 17.5 Å². The van der Waals surface area contributed by atoms with E-state index in [4.69, 9.17) is 9.84 Å². The molecule has 5 heteroatoms. The minimum Gasteiger partial charge on any atom is -0.490 e. The molecule has 1 saturated carbocycles. The standard InChI is InChI=1S/C26H34FNO3/c1-26(2,3)19-8-11-21(12-9-19)31-22-7-5-6-18(16-22)23-17-20(10-13-24(23)27)28(4)15-14-25(29)30/h5-7,10,13,16-17,19,21H,8-9,11-12,14-15H2,1-4H3,(H,29,30)/t19-,21-. The summed E-state index contributed by atoms with van der Waals surface area (Å²) in [6.45, 7) is 7.29. The number of benzene rings is 2. The molecular weight excluding hydrogens is 393 g/mol. The Labute approximate surface area is 185 Å². The van der Waals surface area contributed by atoms with Crippen LogP contribution in [0.5, 0.6) is 5.75 Å². The minimum absolute atomic E-state index is 0.0317. The van der Waals surface area contributed by atoms with Crippen LogP contribution in [-0.2, 0) is 4.79 Å². The van der Waals surface area contributed by atoms with Gasteiger partial charge in [0.1, 0.15) is 11.6 Å². The lowest BCUT2D eigenvalue weighted by Gasteiger charge is -2.37. The van der Waals surface area contributed by atoms with E-state index in [0.717, 1.165) is 35.8 Å². The molecule has 0 amide bonds. The highest BCUT2D eigenvalue weighted by Crippen LogP contribution is 2.39. The summed E-state index contributed by atoms with van der Waals surface area (Å²) in [6, 6.07) is 12.5. The van der Waals surface area contributed by atoms with Crippen LogP contribution in [0, 0.1) is 17.2 Å². The number of anilines is 1. The summed E-state index contributed by atoms with van der Waals surface area (Å²) in [5.74, 6) is 0.336. The first-order valence-electron chi connectivity index (χ1n) is 11.1. The Hall–Kier alpha value is -2.56. The average molecular weight is 428 g/mol. The van der Waals surface area contributed by atoms with Gasteiger partial charge in [-0.3, -0.25) is 4.79 Å². The molecule has 2 aromatic carbocycles. The molecule has 3 rings (SSSR count). The third-order valence-electron chi connectivity index (χ3n) is 6.40. The highest BCUT2D eigenvalue weighted by molar-refractivity contribution is 5.71. The van der Waals surface area contributed by atoms with Crippen LogP contribution in [0.15, 0.2) is 42.5 Å². The number of nitrogens with zero attached hydrogens (tertiary/aromatic N) is 1. The van der Waals surface area contributed by atoms with Crippen molar-refractivity contribution in [2.45, 2.75) is 59.0 Å². The summed E-state index contributed by atoms with van der Waals surface area (Å²) in [4.78, 5) is 12.7. The van der Waals surface area contributed by atoms with Crippen molar-refractivity contribution in [3.8, 4) is 16.9 Å². The van der Waals surface area contributed by atoms with Crippen LogP contribution in [0.25, 0.3) is 11.1 Å². The van der Waals surface area contributed by atoms with Crippen molar-refractivity contribution in [2.24, 2.45) is 11.3 Å². The average Bonchev–Trinajstić information content (AvgIpc) is 2.72. The van der Waals surface area contributed by atoms with Gasteiger partial charge in [-0.05, 0) is 72.9 Å². The molecule has 0 saturated heterocycles. The molecule has 1 N–H and O–H groups in total. The molecule has 0 heterocycles. The number of ether oxygens (including phenoxy) is 1. The van der Waals surface area contributed by atoms with E-state index in [-0.39, 0.29) is 18.3 Å². The van der Waals surface area contributed by atoms with E-state index in [1.54, 1.807) is 12.1 Å². The highest BCUT2D eigenvalue weighted by atomic mass is 19.1. The lowest BCUT2D eigenvalue weighted by atomic mass is 9.72. The second-order valence-electron chi connectivity index (χ2n) is 9.71. The third kappa shape index (κ3) is 6.22. The van der Waals surface area contributed by atoms with Crippen molar-refractivity contribution in [1.82, 2.24) is 0 Å². The van der Waals surface area contributed by atoms with Gasteiger partial charge in [0, 0.05) is 24.8 Å². The second kappa shape index (κ2) is 9.71. The van der Waals surface area contributed by atoms with E-state index in [9.17, 15) is 9.18 Å². The van der Waals surface area contributed by atoms with Crippen molar-refractivity contribution in [2.75, 3.05) is 18.5 Å². The Balaban J connectivity index is 1.71. The van der Waals surface area contributed by atoms with Crippen molar-refractivity contribution in [1.29, 1.82) is 0 Å². The van der Waals surface area contributed by atoms with E-state index >= 15 is 0 Å². The molecule has 168 valence electrons. The van der Waals surface area contributed by atoms with Crippen LogP contribution < -0.4 is 9.64 Å². The molecule has 0 spiro atoms. The van der Waals surface area contributed by atoms with Gasteiger partial charge < -0.3 is 14.7 Å². The van der Waals surface area contributed by atoms with Gasteiger partial charge in [0.2, 0.25) is 0 Å². The number of carbonyl (C=O) groups is 1. The molecule has 1 aliphatic rings. The minimum atomic E-state index is -0.851. The van der Waals surface area contributed by atoms with Crippen molar-refractivity contribution in [3.63, 3.8) is 0 Å². The lowest BCUT2D eigenvalue weighted by Crippen LogP contribution is -2.30. The number of carboxylic acids is 1. The summed E-state index contributed by atoms with van der Waals surface area (Å²) >= 11 is 0. The van der Waals surface area contributed by atoms with Gasteiger partial charge in [0.15, 0.2) is 0 Å². The summed E-state index contributed by atoms with van der Waals surface area (Å²) in [7, 11) is 1.81. The summed E-state index contributed by atoms with van der Waals surface area (Å²) in [5, 5.41) is 8.90. The number of rotatable bonds is 7. The van der Waals surface area contributed by atoms with Gasteiger partial charge in [-0.25, -0.2) is 4.39 Å². The number of aliphatic carboxylic acids is 1. The molecule has 31 heavy (non-hydrogen) atoms. The Morgan fingerprint density at radius 1 is 1.13 bits per heavy atom. The Morgan fingerprint density at radius 3 is 2.48 bits per heavy atom. The normalized spacial score (nSPS) is 19.1. The molecule has 0 aliphatic heterocycles. The first-order valence-corrected chi connectivity index (χ1v) is 11.1. The van der Waals surface area contributed by atoms with Gasteiger partial charge in [-0.2, -0.15) is 0 Å². The van der Waals surface area contributed by atoms with Crippen molar-refractivity contribution < 1.29 is 19.0 Å². The van der Waals surface area contributed by atoms with Crippen molar-refractivity contribution >= 4 is 11.7 Å². The maximum Gasteiger partial charge on any atom is 0.305 e. The number of hydrogen-bond acceptors (Lipinski definition) is 3. The molecule has 0 unspecified atom stereocenters. The third-order valence-corrected chi connectivity index (χ3v) is 6.40. The predicted molar refractivity (Wildman–Crippen MR) is 123 cm³/mol. The zero-order chi connectivity index (χ0) is 22.6. The van der Waals surface area contributed by atoms with E-state index in [1.165, 1.54) is 18.9 Å². The SMILES string of the molecule is CN(CCC(=O)O)c1ccc(F)c(-c2cccc(O[C@H]3CC[C@H](C(C)(C)C)CC3)c2)c1. The second-order valence-corrected chi connectivity index (χ2v) is 9.71. The Bertz CT molecular complexity index is 898. The van der Waals surface area contributed by atoms with Gasteiger partial charge in [0.05, 0.1) is 12.5 Å². The number of carboxylic acid groups (broad SMARTS) is 1. The molecule has 1 aliphatic carbocycles. The topological polar surface area (TPSA) is 49.8 Å². The first-order chi connectivity index (χ1) is 14.6. The Kier molecular flexibility index (Phi) is 7.24. The molecule has 0 atom stereocenters. The quantitative estimate of drug-likeness (QED) is 0.556. The van der Waals surface area contributed by atoms with E-state index < -0.39 is 5.97 Å². The zero-order valence-electron chi connectivity index (χ0n) is 19.0. The molecule has 0 aromatic heterocycles. The highest BCUT2D eigenvalue weighted by Gasteiger charge is 2.30. The Morgan fingerprint density at radius 2 is 1.84 bits per heavy atom. The smallest absolute Gasteiger partial charge is 0.305 e. The van der Waals surface area contributed by atoms with Gasteiger partial charge in [-0.15, -0.1) is 0 Å². The van der Waals surface area contributed by atoms with Gasteiger partial charge in [0.25, 0.3) is 0 Å². The van der Waals surface area contributed by atoms with Gasteiger partial charge in [-0.1, -0.05) is 32.9 Å². The summed E-state index contributed by atoms with van der Waals surface area (Å²) in [5.41, 5.74) is 2.36. The summed E-state index contributed by atoms with van der Waals surface area (Å²) < 4.78 is 20.9. The van der Waals surface area contributed by atoms with Crippen LogP contribution in [0.3, 0.4) is 0 Å². The van der Waals surface area contributed by atoms with Gasteiger partial charge >= 0.3 is 5.97 Å². The number of halogens is 1. The first kappa shape index (κ1) is 23.1. The van der Waals surface area contributed by atoms with Crippen LogP contribution >= 0.6 is 0 Å². The molecule has 2 aromatic rings. The largest absolute Gasteiger partial charge is 0.490 e. The molecule has 0 radical (unpaired) electrons. The predicted octanol–water partition coefficient (Wildman–Crippen LogP) is 6.39. The molecular formula is C26H34FNO3. The van der Waals surface area contributed by atoms with Crippen LogP contribution in [0.1, 0.15) is 52.9 Å². The fourth-order valence-electron chi connectivity index (χ4n) is 4.34. The van der Waals surface area contributed by atoms with E-state index in [2.05, 4.69) is 20.8 Å². The van der Waals surface area contributed by atoms with Crippen LogP contribution in [0.2, 0.25) is 0 Å². The maximum absolute atomic E-state index is 14.6. The molecule has 0 bridgehead atoms. The van der Waals surface area contributed by atoms with Crippen molar-refractivity contribution in [3.05, 3.63) is 48.3 Å². The summed E-state index contributed by atoms with van der Waals surface area (Å²) in [6.07, 6.45) is 4.67. The monoisotopic (exact) mass is 427 g/mol. The zero-order valence-corrected chi connectivity index (χ0v) is 19.0. The number of hydrogen-bond donors (Lipinski definition) is 1. The molecule has 4 nitrogen and oxygen atoms in total. The maximum atomic E-state index is 14.6. The van der Waals surface area contributed by atoms with E-state index in [1.807, 2.05) is 36.2 Å². The van der Waals surface area contributed by atoms with Crippen LogP contribution in [0.4, 0.5) is 10.1 Å². The van der Waals surface area contributed by atoms with Crippen LogP contribution in [-0.4, -0.2) is 30.8 Å². The fourth-order valence-corrected chi connectivity index (χ4v) is 4.34.